The molecule has 1 aromatic carbocycles. The minimum absolute atomic E-state index is 0.519. The number of nitrogens with one attached hydrogen (secondary N) is 1. The van der Waals surface area contributed by atoms with Crippen molar-refractivity contribution in [3.8, 4) is 5.88 Å². The molecule has 0 radical (unpaired) electrons. The van der Waals surface area contributed by atoms with Gasteiger partial charge in [0.2, 0.25) is 5.88 Å². The highest BCUT2D eigenvalue weighted by atomic mass is 35.5. The molecule has 2 rings (SSSR count). The number of anilines is 2. The van der Waals surface area contributed by atoms with E-state index in [0.29, 0.717) is 29.0 Å². The Kier molecular flexibility index (Phi) is 3.89. The predicted molar refractivity (Wildman–Crippen MR) is 74.0 cm³/mol. The first-order valence-electron chi connectivity index (χ1n) is 5.48. The summed E-state index contributed by atoms with van der Waals surface area (Å²) in [5.74, 6) is 1.11. The van der Waals surface area contributed by atoms with Crippen molar-refractivity contribution in [1.29, 1.82) is 0 Å². The standard InChI is InChI=1S/C13H14ClN3O/c1-18-12-7-6-11(15)13(17-12)16-8-9-4-2-3-5-10(9)14/h2-7H,8,15H2,1H3,(H,16,17). The van der Waals surface area contributed by atoms with Crippen molar-refractivity contribution in [2.24, 2.45) is 0 Å². The van der Waals surface area contributed by atoms with Crippen LogP contribution >= 0.6 is 11.6 Å². The molecule has 5 heteroatoms. The van der Waals surface area contributed by atoms with Gasteiger partial charge in [0.05, 0.1) is 12.8 Å². The van der Waals surface area contributed by atoms with E-state index in [1.165, 1.54) is 0 Å². The highest BCUT2D eigenvalue weighted by molar-refractivity contribution is 6.31. The molecule has 0 unspecified atom stereocenters. The molecule has 4 nitrogen and oxygen atoms in total. The fourth-order valence-corrected chi connectivity index (χ4v) is 1.73. The minimum Gasteiger partial charge on any atom is -0.481 e. The molecule has 0 saturated carbocycles. The quantitative estimate of drug-likeness (QED) is 0.890. The van der Waals surface area contributed by atoms with Gasteiger partial charge in [-0.1, -0.05) is 29.8 Å². The molecule has 0 aliphatic rings. The van der Waals surface area contributed by atoms with Crippen LogP contribution in [0.3, 0.4) is 0 Å². The van der Waals surface area contributed by atoms with Gasteiger partial charge in [0.15, 0.2) is 5.82 Å². The summed E-state index contributed by atoms with van der Waals surface area (Å²) in [6, 6.07) is 11.1. The van der Waals surface area contributed by atoms with E-state index in [1.807, 2.05) is 24.3 Å². The van der Waals surface area contributed by atoms with Crippen LogP contribution < -0.4 is 15.8 Å². The molecule has 0 amide bonds. The van der Waals surface area contributed by atoms with Crippen LogP contribution in [-0.4, -0.2) is 12.1 Å². The van der Waals surface area contributed by atoms with Gasteiger partial charge in [-0.2, -0.15) is 4.98 Å². The molecule has 18 heavy (non-hydrogen) atoms. The number of hydrogen-bond donors (Lipinski definition) is 2. The van der Waals surface area contributed by atoms with Crippen LogP contribution in [0, 0.1) is 0 Å². The van der Waals surface area contributed by atoms with Gasteiger partial charge in [-0.15, -0.1) is 0 Å². The minimum atomic E-state index is 0.519. The second-order valence-corrected chi connectivity index (χ2v) is 4.14. The Morgan fingerprint density at radius 2 is 2.06 bits per heavy atom. The smallest absolute Gasteiger partial charge is 0.215 e. The summed E-state index contributed by atoms with van der Waals surface area (Å²) in [4.78, 5) is 4.23. The average Bonchev–Trinajstić information content (AvgIpc) is 2.39. The molecule has 0 saturated heterocycles. The van der Waals surface area contributed by atoms with E-state index in [0.717, 1.165) is 5.56 Å². The molecule has 0 aliphatic heterocycles. The van der Waals surface area contributed by atoms with Crippen LogP contribution in [0.2, 0.25) is 5.02 Å². The number of nitrogens with two attached hydrogens (primary N) is 1. The largest absolute Gasteiger partial charge is 0.481 e. The van der Waals surface area contributed by atoms with E-state index < -0.39 is 0 Å². The van der Waals surface area contributed by atoms with E-state index in [-0.39, 0.29) is 0 Å². The van der Waals surface area contributed by atoms with Gasteiger partial charge in [0, 0.05) is 17.6 Å². The van der Waals surface area contributed by atoms with Crippen molar-refractivity contribution in [3.05, 3.63) is 47.0 Å². The molecule has 2 aromatic rings. The van der Waals surface area contributed by atoms with Gasteiger partial charge in [-0.05, 0) is 17.7 Å². The SMILES string of the molecule is COc1ccc(N)c(NCc2ccccc2Cl)n1. The molecule has 0 spiro atoms. The monoisotopic (exact) mass is 263 g/mol. The highest BCUT2D eigenvalue weighted by Crippen LogP contribution is 2.21. The summed E-state index contributed by atoms with van der Waals surface area (Å²) in [6.07, 6.45) is 0. The van der Waals surface area contributed by atoms with Crippen molar-refractivity contribution in [1.82, 2.24) is 4.98 Å². The normalized spacial score (nSPS) is 10.1. The molecule has 0 aliphatic carbocycles. The summed E-state index contributed by atoms with van der Waals surface area (Å²) >= 11 is 6.07. The molecule has 0 bridgehead atoms. The van der Waals surface area contributed by atoms with E-state index >= 15 is 0 Å². The van der Waals surface area contributed by atoms with Gasteiger partial charge >= 0.3 is 0 Å². The van der Waals surface area contributed by atoms with E-state index in [1.54, 1.807) is 19.2 Å². The van der Waals surface area contributed by atoms with Crippen molar-refractivity contribution in [2.75, 3.05) is 18.2 Å². The Morgan fingerprint density at radius 1 is 1.28 bits per heavy atom. The Balaban J connectivity index is 2.13. The number of pyridine rings is 1. The van der Waals surface area contributed by atoms with Crippen molar-refractivity contribution in [2.45, 2.75) is 6.54 Å². The number of halogens is 1. The molecule has 0 atom stereocenters. The van der Waals surface area contributed by atoms with Crippen molar-refractivity contribution >= 4 is 23.1 Å². The van der Waals surface area contributed by atoms with Crippen molar-refractivity contribution < 1.29 is 4.74 Å². The molecule has 0 fully saturated rings. The van der Waals surface area contributed by atoms with E-state index in [4.69, 9.17) is 22.1 Å². The van der Waals surface area contributed by atoms with Crippen LogP contribution in [0.15, 0.2) is 36.4 Å². The fraction of sp³-hybridized carbons (Fsp3) is 0.154. The van der Waals surface area contributed by atoms with E-state index in [9.17, 15) is 0 Å². The first-order valence-corrected chi connectivity index (χ1v) is 5.86. The zero-order chi connectivity index (χ0) is 13.0. The summed E-state index contributed by atoms with van der Waals surface area (Å²) < 4.78 is 5.05. The molecular formula is C13H14ClN3O. The van der Waals surface area contributed by atoms with Crippen LogP contribution in [0.5, 0.6) is 5.88 Å². The number of nitrogens with zero attached hydrogens (tertiary/aromatic N) is 1. The van der Waals surface area contributed by atoms with Gasteiger partial charge in [0.1, 0.15) is 0 Å². The number of nitrogen functional groups attached to an aromatic ring is 1. The summed E-state index contributed by atoms with van der Waals surface area (Å²) in [7, 11) is 1.57. The van der Waals surface area contributed by atoms with Gasteiger partial charge in [-0.3, -0.25) is 0 Å². The lowest BCUT2D eigenvalue weighted by molar-refractivity contribution is 0.398. The van der Waals surface area contributed by atoms with Gasteiger partial charge < -0.3 is 15.8 Å². The Morgan fingerprint density at radius 3 is 2.78 bits per heavy atom. The molecule has 94 valence electrons. The van der Waals surface area contributed by atoms with Crippen LogP contribution in [0.4, 0.5) is 11.5 Å². The topological polar surface area (TPSA) is 60.2 Å². The zero-order valence-corrected chi connectivity index (χ0v) is 10.7. The Bertz CT molecular complexity index is 546. The Labute approximate surface area is 111 Å². The maximum absolute atomic E-state index is 6.07. The molecule has 1 heterocycles. The molecule has 1 aromatic heterocycles. The zero-order valence-electron chi connectivity index (χ0n) is 9.98. The summed E-state index contributed by atoms with van der Waals surface area (Å²) in [6.45, 7) is 0.560. The Hall–Kier alpha value is -1.94. The highest BCUT2D eigenvalue weighted by Gasteiger charge is 2.04. The second kappa shape index (κ2) is 5.60. The lowest BCUT2D eigenvalue weighted by atomic mass is 10.2. The molecule has 3 N–H and O–H groups in total. The number of methoxy groups -OCH3 is 1. The van der Waals surface area contributed by atoms with E-state index in [2.05, 4.69) is 10.3 Å². The summed E-state index contributed by atoms with van der Waals surface area (Å²) in [5.41, 5.74) is 7.39. The average molecular weight is 264 g/mol. The maximum atomic E-state index is 6.07. The first-order chi connectivity index (χ1) is 8.70. The van der Waals surface area contributed by atoms with Crippen LogP contribution in [0.1, 0.15) is 5.56 Å². The van der Waals surface area contributed by atoms with Crippen molar-refractivity contribution in [3.63, 3.8) is 0 Å². The van der Waals surface area contributed by atoms with Crippen LogP contribution in [-0.2, 0) is 6.54 Å². The number of benzene rings is 1. The van der Waals surface area contributed by atoms with Gasteiger partial charge in [-0.25, -0.2) is 0 Å². The van der Waals surface area contributed by atoms with Crippen LogP contribution in [0.25, 0.3) is 0 Å². The number of rotatable bonds is 4. The lowest BCUT2D eigenvalue weighted by Gasteiger charge is -2.10. The number of aromatic nitrogens is 1. The first kappa shape index (κ1) is 12.5. The third kappa shape index (κ3) is 2.84. The predicted octanol–water partition coefficient (Wildman–Crippen LogP) is 2.94. The number of ether oxygens (including phenoxy) is 1. The second-order valence-electron chi connectivity index (χ2n) is 3.74. The lowest BCUT2D eigenvalue weighted by Crippen LogP contribution is -2.05. The fourth-order valence-electron chi connectivity index (χ4n) is 1.53. The molecular weight excluding hydrogens is 250 g/mol. The van der Waals surface area contributed by atoms with Gasteiger partial charge in [0.25, 0.3) is 0 Å². The number of hydrogen-bond acceptors (Lipinski definition) is 4. The third-order valence-corrected chi connectivity index (χ3v) is 2.88. The maximum Gasteiger partial charge on any atom is 0.215 e. The summed E-state index contributed by atoms with van der Waals surface area (Å²) in [5, 5.41) is 3.86. The third-order valence-electron chi connectivity index (χ3n) is 2.51.